The van der Waals surface area contributed by atoms with Gasteiger partial charge in [-0.25, -0.2) is 9.18 Å². The molecule has 2 amide bonds. The minimum absolute atomic E-state index is 0.0236. The number of ether oxygens (including phenoxy) is 1. The number of fused-ring (bicyclic) bond motifs is 1. The van der Waals surface area contributed by atoms with Crippen molar-refractivity contribution >= 4 is 44.9 Å². The third kappa shape index (κ3) is 4.52. The molecule has 2 N–H and O–H groups in total. The van der Waals surface area contributed by atoms with E-state index < -0.39 is 30.2 Å². The van der Waals surface area contributed by atoms with Crippen molar-refractivity contribution in [1.82, 2.24) is 0 Å². The van der Waals surface area contributed by atoms with E-state index in [0.29, 0.717) is 15.8 Å². The van der Waals surface area contributed by atoms with Crippen LogP contribution in [0.5, 0.6) is 0 Å². The van der Waals surface area contributed by atoms with E-state index in [4.69, 9.17) is 10.5 Å². The maximum absolute atomic E-state index is 13.8. The van der Waals surface area contributed by atoms with E-state index in [0.717, 1.165) is 11.3 Å². The van der Waals surface area contributed by atoms with Crippen molar-refractivity contribution in [2.75, 3.05) is 18.1 Å². The van der Waals surface area contributed by atoms with Crippen molar-refractivity contribution in [3.63, 3.8) is 0 Å². The number of nitrogens with two attached hydrogens (primary N) is 1. The van der Waals surface area contributed by atoms with Gasteiger partial charge in [0.05, 0.1) is 0 Å². The Bertz CT molecular complexity index is 1020. The summed E-state index contributed by atoms with van der Waals surface area (Å²) in [6.45, 7) is -0.437. The SMILES string of the molecule is NC(=O)CCN(C(=O)COC(=O)c1cc2c(F)cccc2s1)c1ccccc1. The van der Waals surface area contributed by atoms with Gasteiger partial charge in [-0.3, -0.25) is 9.59 Å². The number of halogens is 1. The van der Waals surface area contributed by atoms with E-state index in [1.54, 1.807) is 42.5 Å². The van der Waals surface area contributed by atoms with E-state index in [9.17, 15) is 18.8 Å². The van der Waals surface area contributed by atoms with Crippen molar-refractivity contribution in [2.24, 2.45) is 5.73 Å². The van der Waals surface area contributed by atoms with Gasteiger partial charge >= 0.3 is 5.97 Å². The molecule has 28 heavy (non-hydrogen) atoms. The van der Waals surface area contributed by atoms with Gasteiger partial charge in [0.2, 0.25) is 5.91 Å². The number of rotatable bonds is 7. The number of anilines is 1. The summed E-state index contributed by atoms with van der Waals surface area (Å²) < 4.78 is 19.5. The van der Waals surface area contributed by atoms with Crippen LogP contribution >= 0.6 is 11.3 Å². The average Bonchev–Trinajstić information content (AvgIpc) is 3.13. The lowest BCUT2D eigenvalue weighted by Gasteiger charge is -2.22. The molecular formula is C20H17FN2O4S. The number of hydrogen-bond donors (Lipinski definition) is 1. The zero-order valence-corrected chi connectivity index (χ0v) is 15.6. The Labute approximate surface area is 164 Å². The Balaban J connectivity index is 1.69. The molecule has 8 heteroatoms. The quantitative estimate of drug-likeness (QED) is 0.617. The van der Waals surface area contributed by atoms with Crippen LogP contribution in [0, 0.1) is 5.82 Å². The largest absolute Gasteiger partial charge is 0.451 e. The molecule has 0 unspecified atom stereocenters. The highest BCUT2D eigenvalue weighted by Crippen LogP contribution is 2.28. The Morgan fingerprint density at radius 3 is 2.50 bits per heavy atom. The van der Waals surface area contributed by atoms with Gasteiger partial charge in [-0.05, 0) is 30.3 Å². The second kappa shape index (κ2) is 8.62. The Hall–Kier alpha value is -3.26. The lowest BCUT2D eigenvalue weighted by atomic mass is 10.2. The molecule has 144 valence electrons. The van der Waals surface area contributed by atoms with Crippen LogP contribution < -0.4 is 10.6 Å². The monoisotopic (exact) mass is 400 g/mol. The number of esters is 1. The molecule has 0 aliphatic heterocycles. The lowest BCUT2D eigenvalue weighted by Crippen LogP contribution is -2.37. The van der Waals surface area contributed by atoms with Crippen molar-refractivity contribution in [3.8, 4) is 0 Å². The summed E-state index contributed by atoms with van der Waals surface area (Å²) in [5.41, 5.74) is 5.74. The summed E-state index contributed by atoms with van der Waals surface area (Å²) in [4.78, 5) is 37.5. The molecule has 0 bridgehead atoms. The minimum Gasteiger partial charge on any atom is -0.451 e. The Morgan fingerprint density at radius 1 is 1.07 bits per heavy atom. The maximum Gasteiger partial charge on any atom is 0.348 e. The third-order valence-corrected chi connectivity index (χ3v) is 5.07. The average molecular weight is 400 g/mol. The number of thiophene rings is 1. The predicted molar refractivity (Wildman–Crippen MR) is 105 cm³/mol. The highest BCUT2D eigenvalue weighted by molar-refractivity contribution is 7.20. The van der Waals surface area contributed by atoms with E-state index in [2.05, 4.69) is 0 Å². The first-order valence-corrected chi connectivity index (χ1v) is 9.26. The molecular weight excluding hydrogens is 383 g/mol. The number of benzene rings is 2. The first-order chi connectivity index (χ1) is 13.5. The fourth-order valence-corrected chi connectivity index (χ4v) is 3.60. The zero-order valence-electron chi connectivity index (χ0n) is 14.8. The van der Waals surface area contributed by atoms with Crippen molar-refractivity contribution in [3.05, 3.63) is 65.3 Å². The van der Waals surface area contributed by atoms with E-state index in [1.807, 2.05) is 0 Å². The smallest absolute Gasteiger partial charge is 0.348 e. The Kier molecular flexibility index (Phi) is 6.00. The normalized spacial score (nSPS) is 10.6. The van der Waals surface area contributed by atoms with Gasteiger partial charge in [-0.15, -0.1) is 11.3 Å². The minimum atomic E-state index is -0.711. The summed E-state index contributed by atoms with van der Waals surface area (Å²) in [7, 11) is 0. The maximum atomic E-state index is 13.8. The number of primary amides is 1. The fourth-order valence-electron chi connectivity index (χ4n) is 2.63. The number of para-hydroxylation sites is 1. The number of hydrogen-bond acceptors (Lipinski definition) is 5. The predicted octanol–water partition coefficient (Wildman–Crippen LogP) is 3.11. The molecule has 0 saturated heterocycles. The van der Waals surface area contributed by atoms with Gasteiger partial charge < -0.3 is 15.4 Å². The molecule has 3 rings (SSSR count). The first-order valence-electron chi connectivity index (χ1n) is 8.44. The van der Waals surface area contributed by atoms with Crippen LogP contribution in [0.2, 0.25) is 0 Å². The van der Waals surface area contributed by atoms with Crippen LogP contribution in [0.25, 0.3) is 10.1 Å². The highest BCUT2D eigenvalue weighted by Gasteiger charge is 2.20. The first kappa shape index (κ1) is 19.5. The highest BCUT2D eigenvalue weighted by atomic mass is 32.1. The molecule has 0 aliphatic carbocycles. The molecule has 0 atom stereocenters. The molecule has 6 nitrogen and oxygen atoms in total. The number of carbonyl (C=O) groups excluding carboxylic acids is 3. The summed E-state index contributed by atoms with van der Waals surface area (Å²) in [6.07, 6.45) is -0.0236. The zero-order chi connectivity index (χ0) is 20.1. The summed E-state index contributed by atoms with van der Waals surface area (Å²) in [5.74, 6) is -2.17. The van der Waals surface area contributed by atoms with Gasteiger partial charge in [0.25, 0.3) is 5.91 Å². The molecule has 3 aromatic rings. The number of carbonyl (C=O) groups is 3. The topological polar surface area (TPSA) is 89.7 Å². The lowest BCUT2D eigenvalue weighted by molar-refractivity contribution is -0.121. The van der Waals surface area contributed by atoms with Crippen LogP contribution in [-0.4, -0.2) is 30.9 Å². The van der Waals surface area contributed by atoms with Gasteiger partial charge in [0.1, 0.15) is 10.7 Å². The van der Waals surface area contributed by atoms with Gasteiger partial charge in [0.15, 0.2) is 6.61 Å². The van der Waals surface area contributed by atoms with E-state index in [1.165, 1.54) is 17.0 Å². The number of amides is 2. The van der Waals surface area contributed by atoms with Crippen molar-refractivity contribution in [2.45, 2.75) is 6.42 Å². The summed E-state index contributed by atoms with van der Waals surface area (Å²) >= 11 is 1.09. The Morgan fingerprint density at radius 2 is 1.82 bits per heavy atom. The molecule has 0 radical (unpaired) electrons. The van der Waals surface area contributed by atoms with Crippen LogP contribution in [0.1, 0.15) is 16.1 Å². The van der Waals surface area contributed by atoms with Crippen LogP contribution in [0.15, 0.2) is 54.6 Å². The van der Waals surface area contributed by atoms with E-state index in [-0.39, 0.29) is 17.8 Å². The molecule has 1 aromatic heterocycles. The van der Waals surface area contributed by atoms with Gasteiger partial charge in [-0.2, -0.15) is 0 Å². The van der Waals surface area contributed by atoms with Gasteiger partial charge in [-0.1, -0.05) is 24.3 Å². The standard InChI is InChI=1S/C20H17FN2O4S/c21-15-7-4-8-16-14(15)11-17(28-16)20(26)27-12-19(25)23(10-9-18(22)24)13-5-2-1-3-6-13/h1-8,11H,9-10,12H2,(H2,22,24). The summed E-state index contributed by atoms with van der Waals surface area (Å²) in [5, 5.41) is 0.332. The molecule has 0 spiro atoms. The number of nitrogens with zero attached hydrogens (tertiary/aromatic N) is 1. The molecule has 0 saturated carbocycles. The fraction of sp³-hybridized carbons (Fsp3) is 0.150. The molecule has 0 aliphatic rings. The summed E-state index contributed by atoms with van der Waals surface area (Å²) in [6, 6.07) is 14.7. The third-order valence-electron chi connectivity index (χ3n) is 3.99. The van der Waals surface area contributed by atoms with E-state index >= 15 is 0 Å². The molecule has 0 fully saturated rings. The van der Waals surface area contributed by atoms with Crippen LogP contribution in [-0.2, 0) is 14.3 Å². The molecule has 1 heterocycles. The second-order valence-corrected chi connectivity index (χ2v) is 7.02. The van der Waals surface area contributed by atoms with Crippen LogP contribution in [0.3, 0.4) is 0 Å². The van der Waals surface area contributed by atoms with Crippen molar-refractivity contribution < 1.29 is 23.5 Å². The molecule has 2 aromatic carbocycles. The van der Waals surface area contributed by atoms with Crippen LogP contribution in [0.4, 0.5) is 10.1 Å². The van der Waals surface area contributed by atoms with Crippen molar-refractivity contribution in [1.29, 1.82) is 0 Å². The van der Waals surface area contributed by atoms with Gasteiger partial charge in [0, 0.05) is 28.7 Å². The second-order valence-electron chi connectivity index (χ2n) is 5.94.